The molecule has 1 heterocycles. The monoisotopic (exact) mass is 331 g/mol. The Balaban J connectivity index is 2.16. The van der Waals surface area contributed by atoms with Crippen LogP contribution in [-0.2, 0) is 4.79 Å². The number of rotatable bonds is 4. The van der Waals surface area contributed by atoms with Crippen molar-refractivity contribution in [3.8, 4) is 10.6 Å². The molecular weight excluding hydrogens is 306 g/mol. The second kappa shape index (κ2) is 6.81. The number of hydrogen-bond acceptors (Lipinski definition) is 4. The second-order valence-electron chi connectivity index (χ2n) is 6.91. The second-order valence-corrected chi connectivity index (χ2v) is 7.94. The Kier molecular flexibility index (Phi) is 5.22. The number of nitrogens with zero attached hydrogens (tertiary/aromatic N) is 1. The summed E-state index contributed by atoms with van der Waals surface area (Å²) in [4.78, 5) is 18.0. The molecule has 2 rings (SSSR count). The van der Waals surface area contributed by atoms with Crippen LogP contribution in [0.4, 0.5) is 0 Å². The Morgan fingerprint density at radius 1 is 1.26 bits per heavy atom. The average molecular weight is 331 g/mol. The summed E-state index contributed by atoms with van der Waals surface area (Å²) in [7, 11) is 0. The van der Waals surface area contributed by atoms with Crippen LogP contribution >= 0.6 is 11.3 Å². The van der Waals surface area contributed by atoms with Crippen molar-refractivity contribution < 1.29 is 4.79 Å². The molecule has 4 nitrogen and oxygen atoms in total. The number of amides is 1. The molecule has 23 heavy (non-hydrogen) atoms. The van der Waals surface area contributed by atoms with Gasteiger partial charge in [0.2, 0.25) is 5.91 Å². The molecule has 0 aliphatic rings. The fourth-order valence-corrected chi connectivity index (χ4v) is 3.35. The zero-order valence-corrected chi connectivity index (χ0v) is 15.2. The number of nitrogens with one attached hydrogen (secondary N) is 1. The van der Waals surface area contributed by atoms with Crippen LogP contribution in [0.15, 0.2) is 30.3 Å². The smallest absolute Gasteiger partial charge is 0.237 e. The predicted octanol–water partition coefficient (Wildman–Crippen LogP) is 3.67. The highest BCUT2D eigenvalue weighted by Crippen LogP contribution is 2.31. The summed E-state index contributed by atoms with van der Waals surface area (Å²) >= 11 is 1.62. The van der Waals surface area contributed by atoms with Crippen molar-refractivity contribution in [1.82, 2.24) is 10.3 Å². The van der Waals surface area contributed by atoms with E-state index in [0.29, 0.717) is 0 Å². The number of aromatic nitrogens is 1. The van der Waals surface area contributed by atoms with Crippen LogP contribution in [0.3, 0.4) is 0 Å². The first-order valence-electron chi connectivity index (χ1n) is 7.79. The summed E-state index contributed by atoms with van der Waals surface area (Å²) in [5.74, 6) is -0.126. The van der Waals surface area contributed by atoms with E-state index in [4.69, 9.17) is 5.73 Å². The first kappa shape index (κ1) is 17.6. The van der Waals surface area contributed by atoms with Gasteiger partial charge in [0.05, 0.1) is 22.7 Å². The van der Waals surface area contributed by atoms with Crippen LogP contribution in [0.2, 0.25) is 0 Å². The van der Waals surface area contributed by atoms with Gasteiger partial charge in [-0.05, 0) is 19.3 Å². The molecule has 0 saturated heterocycles. The van der Waals surface area contributed by atoms with Crippen molar-refractivity contribution in [2.24, 2.45) is 11.1 Å². The summed E-state index contributed by atoms with van der Waals surface area (Å²) in [6.45, 7) is 9.85. The predicted molar refractivity (Wildman–Crippen MR) is 96.3 cm³/mol. The molecule has 5 heteroatoms. The van der Waals surface area contributed by atoms with Gasteiger partial charge in [-0.25, -0.2) is 4.98 Å². The third-order valence-electron chi connectivity index (χ3n) is 3.82. The summed E-state index contributed by atoms with van der Waals surface area (Å²) in [6, 6.07) is 9.43. The molecule has 0 bridgehead atoms. The van der Waals surface area contributed by atoms with Gasteiger partial charge >= 0.3 is 0 Å². The van der Waals surface area contributed by atoms with Gasteiger partial charge in [0.25, 0.3) is 0 Å². The van der Waals surface area contributed by atoms with Crippen molar-refractivity contribution in [3.05, 3.63) is 40.9 Å². The Hall–Kier alpha value is -1.72. The van der Waals surface area contributed by atoms with E-state index < -0.39 is 6.04 Å². The average Bonchev–Trinajstić information content (AvgIpc) is 2.88. The maximum atomic E-state index is 12.3. The molecule has 0 saturated carbocycles. The van der Waals surface area contributed by atoms with E-state index in [1.165, 1.54) is 0 Å². The zero-order valence-electron chi connectivity index (χ0n) is 14.4. The van der Waals surface area contributed by atoms with Crippen LogP contribution in [0.1, 0.15) is 44.3 Å². The number of hydrogen-bond donors (Lipinski definition) is 2. The van der Waals surface area contributed by atoms with Gasteiger partial charge in [0.15, 0.2) is 0 Å². The third-order valence-corrected chi connectivity index (χ3v) is 5.21. The van der Waals surface area contributed by atoms with Crippen molar-refractivity contribution in [1.29, 1.82) is 0 Å². The molecule has 2 aromatic rings. The maximum absolute atomic E-state index is 12.3. The van der Waals surface area contributed by atoms with E-state index in [-0.39, 0.29) is 17.4 Å². The fraction of sp³-hybridized carbons (Fsp3) is 0.444. The molecule has 1 aromatic carbocycles. The van der Waals surface area contributed by atoms with E-state index in [1.54, 1.807) is 11.3 Å². The molecule has 1 aromatic heterocycles. The van der Waals surface area contributed by atoms with E-state index in [9.17, 15) is 4.79 Å². The van der Waals surface area contributed by atoms with Crippen molar-refractivity contribution in [2.75, 3.05) is 0 Å². The Morgan fingerprint density at radius 2 is 1.87 bits per heavy atom. The molecule has 0 radical (unpaired) electrons. The number of carbonyl (C=O) groups is 1. The lowest BCUT2D eigenvalue weighted by molar-refractivity contribution is -0.125. The zero-order chi connectivity index (χ0) is 17.2. The largest absolute Gasteiger partial charge is 0.347 e. The quantitative estimate of drug-likeness (QED) is 0.898. The van der Waals surface area contributed by atoms with Crippen molar-refractivity contribution in [3.63, 3.8) is 0 Å². The molecular formula is C18H25N3OS. The lowest BCUT2D eigenvalue weighted by Gasteiger charge is -2.27. The molecule has 0 aliphatic carbocycles. The highest BCUT2D eigenvalue weighted by Gasteiger charge is 2.29. The molecule has 1 amide bonds. The van der Waals surface area contributed by atoms with Crippen molar-refractivity contribution >= 4 is 17.2 Å². The number of carbonyl (C=O) groups excluding carboxylic acids is 1. The van der Waals surface area contributed by atoms with Gasteiger partial charge in [0.1, 0.15) is 5.01 Å². The SMILES string of the molecule is Cc1nc(-c2ccccc2)sc1C(C)NC(=O)[C@@H](N)C(C)(C)C. The first-order valence-corrected chi connectivity index (χ1v) is 8.60. The van der Waals surface area contributed by atoms with Gasteiger partial charge in [-0.15, -0.1) is 11.3 Å². The lowest BCUT2D eigenvalue weighted by Crippen LogP contribution is -2.49. The van der Waals surface area contributed by atoms with Gasteiger partial charge in [-0.1, -0.05) is 51.1 Å². The van der Waals surface area contributed by atoms with Crippen LogP contribution in [0, 0.1) is 12.3 Å². The number of benzene rings is 1. The molecule has 0 fully saturated rings. The summed E-state index contributed by atoms with van der Waals surface area (Å²) in [6.07, 6.45) is 0. The van der Waals surface area contributed by atoms with Crippen LogP contribution in [0.5, 0.6) is 0 Å². The molecule has 0 spiro atoms. The molecule has 1 unspecified atom stereocenters. The third kappa shape index (κ3) is 4.18. The Labute approximate surface area is 142 Å². The number of aryl methyl sites for hydroxylation is 1. The minimum atomic E-state index is -0.535. The van der Waals surface area contributed by atoms with Crippen LogP contribution < -0.4 is 11.1 Å². The minimum Gasteiger partial charge on any atom is -0.347 e. The number of nitrogens with two attached hydrogens (primary N) is 1. The van der Waals surface area contributed by atoms with Crippen LogP contribution in [-0.4, -0.2) is 16.9 Å². The summed E-state index contributed by atoms with van der Waals surface area (Å²) in [5, 5.41) is 3.99. The number of thiazole rings is 1. The highest BCUT2D eigenvalue weighted by atomic mass is 32.1. The van der Waals surface area contributed by atoms with Gasteiger partial charge in [-0.3, -0.25) is 4.79 Å². The first-order chi connectivity index (χ1) is 10.7. The maximum Gasteiger partial charge on any atom is 0.237 e. The Bertz CT molecular complexity index is 673. The molecule has 3 N–H and O–H groups in total. The van der Waals surface area contributed by atoms with E-state index in [0.717, 1.165) is 21.1 Å². The molecule has 2 atom stereocenters. The highest BCUT2D eigenvalue weighted by molar-refractivity contribution is 7.15. The van der Waals surface area contributed by atoms with Crippen LogP contribution in [0.25, 0.3) is 10.6 Å². The standard InChI is InChI=1S/C18H25N3OS/c1-11(20-16(22)15(19)18(3,4)5)14-12(2)21-17(23-14)13-9-7-6-8-10-13/h6-11,15H,19H2,1-5H3,(H,20,22)/t11?,15-/m1/s1. The van der Waals surface area contributed by atoms with Gasteiger partial charge in [-0.2, -0.15) is 0 Å². The van der Waals surface area contributed by atoms with Crippen molar-refractivity contribution in [2.45, 2.75) is 46.7 Å². The van der Waals surface area contributed by atoms with E-state index in [1.807, 2.05) is 65.0 Å². The van der Waals surface area contributed by atoms with E-state index in [2.05, 4.69) is 10.3 Å². The molecule has 0 aliphatic heterocycles. The van der Waals surface area contributed by atoms with Gasteiger partial charge < -0.3 is 11.1 Å². The Morgan fingerprint density at radius 3 is 2.43 bits per heavy atom. The fourth-order valence-electron chi connectivity index (χ4n) is 2.28. The lowest BCUT2D eigenvalue weighted by atomic mass is 9.87. The topological polar surface area (TPSA) is 68.0 Å². The molecule has 124 valence electrons. The summed E-state index contributed by atoms with van der Waals surface area (Å²) < 4.78 is 0. The minimum absolute atomic E-state index is 0.106. The normalized spacial score (nSPS) is 14.3. The van der Waals surface area contributed by atoms with Gasteiger partial charge in [0, 0.05) is 5.56 Å². The van der Waals surface area contributed by atoms with E-state index >= 15 is 0 Å². The summed E-state index contributed by atoms with van der Waals surface area (Å²) in [5.41, 5.74) is 7.81.